The van der Waals surface area contributed by atoms with Crippen molar-refractivity contribution in [1.29, 1.82) is 0 Å². The van der Waals surface area contributed by atoms with Crippen molar-refractivity contribution in [2.45, 2.75) is 25.5 Å². The Balaban J connectivity index is 1.85. The highest BCUT2D eigenvalue weighted by molar-refractivity contribution is 5.95. The normalized spacial score (nSPS) is 15.8. The van der Waals surface area contributed by atoms with Crippen molar-refractivity contribution >= 4 is 5.91 Å². The summed E-state index contributed by atoms with van der Waals surface area (Å²) in [6, 6.07) is 12.3. The molecule has 0 spiro atoms. The highest BCUT2D eigenvalue weighted by Gasteiger charge is 2.29. The van der Waals surface area contributed by atoms with Crippen LogP contribution in [0, 0.1) is 0 Å². The van der Waals surface area contributed by atoms with E-state index in [1.165, 1.54) is 24.8 Å². The van der Waals surface area contributed by atoms with Crippen molar-refractivity contribution < 1.29 is 23.0 Å². The summed E-state index contributed by atoms with van der Waals surface area (Å²) in [6.07, 6.45) is 1.76. The first-order chi connectivity index (χ1) is 12.0. The summed E-state index contributed by atoms with van der Waals surface area (Å²) in [5.74, 6) is -0.238. The molecule has 6 heteroatoms. The quantitative estimate of drug-likeness (QED) is 0.819. The first-order valence-electron chi connectivity index (χ1n) is 7.99. The van der Waals surface area contributed by atoms with Gasteiger partial charge >= 0.3 is 6.61 Å². The molecule has 3 rings (SSSR count). The van der Waals surface area contributed by atoms with Gasteiger partial charge < -0.3 is 14.4 Å². The Morgan fingerprint density at radius 2 is 1.96 bits per heavy atom. The number of hydrogen-bond acceptors (Lipinski definition) is 3. The molecule has 132 valence electrons. The molecule has 0 radical (unpaired) electrons. The molecule has 0 N–H and O–H groups in total. The standard InChI is InChI=1S/C19H19F2NO3/c1-22(15-9-7-12-5-3-4-6-14(12)15)18(23)13-8-10-16(24-2)17(11-13)25-19(20)21/h3-6,8,10-11,15,19H,7,9H2,1-2H3. The van der Waals surface area contributed by atoms with Gasteiger partial charge in [-0.2, -0.15) is 8.78 Å². The molecule has 1 unspecified atom stereocenters. The zero-order valence-electron chi connectivity index (χ0n) is 14.0. The summed E-state index contributed by atoms with van der Waals surface area (Å²) < 4.78 is 34.6. The van der Waals surface area contributed by atoms with Crippen LogP contribution in [0.3, 0.4) is 0 Å². The fourth-order valence-electron chi connectivity index (χ4n) is 3.28. The molecular formula is C19H19F2NO3. The van der Waals surface area contributed by atoms with E-state index in [0.717, 1.165) is 18.4 Å². The van der Waals surface area contributed by atoms with E-state index >= 15 is 0 Å². The molecule has 0 saturated carbocycles. The molecule has 0 aliphatic heterocycles. The number of alkyl halides is 2. The Kier molecular flexibility index (Phi) is 4.88. The summed E-state index contributed by atoms with van der Waals surface area (Å²) >= 11 is 0. The molecule has 0 bridgehead atoms. The molecule has 1 aliphatic carbocycles. The Labute approximate surface area is 145 Å². The van der Waals surface area contributed by atoms with Crippen molar-refractivity contribution in [3.05, 3.63) is 59.2 Å². The SMILES string of the molecule is COc1ccc(C(=O)N(C)C2CCc3ccccc32)cc1OC(F)F. The number of fused-ring (bicyclic) bond motifs is 1. The molecule has 4 nitrogen and oxygen atoms in total. The van der Waals surface area contributed by atoms with Gasteiger partial charge in [0.25, 0.3) is 5.91 Å². The Hall–Kier alpha value is -2.63. The number of benzene rings is 2. The van der Waals surface area contributed by atoms with Gasteiger partial charge in [-0.05, 0) is 42.2 Å². The van der Waals surface area contributed by atoms with E-state index in [-0.39, 0.29) is 29.0 Å². The van der Waals surface area contributed by atoms with Crippen LogP contribution in [0.15, 0.2) is 42.5 Å². The average Bonchev–Trinajstić information content (AvgIpc) is 3.04. The summed E-state index contributed by atoms with van der Waals surface area (Å²) in [5, 5.41) is 0. The summed E-state index contributed by atoms with van der Waals surface area (Å²) in [6.45, 7) is -2.99. The van der Waals surface area contributed by atoms with E-state index in [1.54, 1.807) is 18.0 Å². The highest BCUT2D eigenvalue weighted by Crippen LogP contribution is 2.36. The Morgan fingerprint density at radius 1 is 1.20 bits per heavy atom. The average molecular weight is 347 g/mol. The molecule has 25 heavy (non-hydrogen) atoms. The highest BCUT2D eigenvalue weighted by atomic mass is 19.3. The van der Waals surface area contributed by atoms with Gasteiger partial charge in [0, 0.05) is 12.6 Å². The lowest BCUT2D eigenvalue weighted by Crippen LogP contribution is -2.30. The minimum absolute atomic E-state index is 0.0229. The van der Waals surface area contributed by atoms with Gasteiger partial charge in [0.2, 0.25) is 0 Å². The fourth-order valence-corrected chi connectivity index (χ4v) is 3.28. The van der Waals surface area contributed by atoms with Crippen molar-refractivity contribution in [1.82, 2.24) is 4.90 Å². The molecule has 0 saturated heterocycles. The maximum atomic E-state index is 12.8. The van der Waals surface area contributed by atoms with Crippen LogP contribution in [-0.4, -0.2) is 31.6 Å². The van der Waals surface area contributed by atoms with E-state index in [2.05, 4.69) is 10.8 Å². The maximum Gasteiger partial charge on any atom is 0.387 e. The molecule has 0 aromatic heterocycles. The maximum absolute atomic E-state index is 12.8. The van der Waals surface area contributed by atoms with Gasteiger partial charge in [-0.3, -0.25) is 4.79 Å². The summed E-state index contributed by atoms with van der Waals surface area (Å²) in [7, 11) is 3.09. The second-order valence-corrected chi connectivity index (χ2v) is 5.91. The number of ether oxygens (including phenoxy) is 2. The van der Waals surface area contributed by atoms with E-state index in [0.29, 0.717) is 0 Å². The third-order valence-electron chi connectivity index (χ3n) is 4.52. The second-order valence-electron chi connectivity index (χ2n) is 5.91. The number of carbonyl (C=O) groups excluding carboxylic acids is 1. The van der Waals surface area contributed by atoms with Gasteiger partial charge in [-0.15, -0.1) is 0 Å². The third kappa shape index (κ3) is 3.43. The zero-order chi connectivity index (χ0) is 18.0. The fraction of sp³-hybridized carbons (Fsp3) is 0.316. The number of aryl methyl sites for hydroxylation is 1. The molecule has 1 atom stereocenters. The van der Waals surface area contributed by atoms with E-state index in [9.17, 15) is 13.6 Å². The van der Waals surface area contributed by atoms with Crippen molar-refractivity contribution in [2.24, 2.45) is 0 Å². The Bertz CT molecular complexity index is 779. The first-order valence-corrected chi connectivity index (χ1v) is 7.99. The van der Waals surface area contributed by atoms with Crippen LogP contribution >= 0.6 is 0 Å². The lowest BCUT2D eigenvalue weighted by molar-refractivity contribution is -0.0512. The van der Waals surface area contributed by atoms with Gasteiger partial charge in [-0.1, -0.05) is 24.3 Å². The van der Waals surface area contributed by atoms with E-state index in [4.69, 9.17) is 4.74 Å². The van der Waals surface area contributed by atoms with Gasteiger partial charge in [0.1, 0.15) is 0 Å². The van der Waals surface area contributed by atoms with Crippen molar-refractivity contribution in [3.63, 3.8) is 0 Å². The number of methoxy groups -OCH3 is 1. The van der Waals surface area contributed by atoms with Crippen molar-refractivity contribution in [2.75, 3.05) is 14.2 Å². The Morgan fingerprint density at radius 3 is 2.68 bits per heavy atom. The molecule has 2 aromatic carbocycles. The predicted molar refractivity (Wildman–Crippen MR) is 89.2 cm³/mol. The molecule has 0 fully saturated rings. The van der Waals surface area contributed by atoms with Crippen LogP contribution < -0.4 is 9.47 Å². The van der Waals surface area contributed by atoms with Gasteiger partial charge in [0.15, 0.2) is 11.5 Å². The van der Waals surface area contributed by atoms with Crippen LogP contribution in [0.4, 0.5) is 8.78 Å². The monoisotopic (exact) mass is 347 g/mol. The van der Waals surface area contributed by atoms with Gasteiger partial charge in [-0.25, -0.2) is 0 Å². The molecule has 1 amide bonds. The first kappa shape index (κ1) is 17.2. The second kappa shape index (κ2) is 7.09. The predicted octanol–water partition coefficient (Wildman–Crippen LogP) is 4.06. The number of amides is 1. The topological polar surface area (TPSA) is 38.8 Å². The van der Waals surface area contributed by atoms with Crippen LogP contribution in [0.2, 0.25) is 0 Å². The largest absolute Gasteiger partial charge is 0.493 e. The lowest BCUT2D eigenvalue weighted by atomic mass is 10.1. The van der Waals surface area contributed by atoms with Crippen LogP contribution in [-0.2, 0) is 6.42 Å². The molecule has 0 heterocycles. The minimum Gasteiger partial charge on any atom is -0.493 e. The number of nitrogens with zero attached hydrogens (tertiary/aromatic N) is 1. The van der Waals surface area contributed by atoms with Gasteiger partial charge in [0.05, 0.1) is 13.2 Å². The number of carbonyl (C=O) groups is 1. The van der Waals surface area contributed by atoms with E-state index < -0.39 is 6.61 Å². The third-order valence-corrected chi connectivity index (χ3v) is 4.52. The van der Waals surface area contributed by atoms with E-state index in [1.807, 2.05) is 18.2 Å². The molecule has 2 aromatic rings. The minimum atomic E-state index is -2.99. The number of rotatable bonds is 5. The molecular weight excluding hydrogens is 328 g/mol. The lowest BCUT2D eigenvalue weighted by Gasteiger charge is -2.26. The van der Waals surface area contributed by atoms with Crippen LogP contribution in [0.5, 0.6) is 11.5 Å². The smallest absolute Gasteiger partial charge is 0.387 e. The van der Waals surface area contributed by atoms with Crippen LogP contribution in [0.25, 0.3) is 0 Å². The number of halogens is 2. The zero-order valence-corrected chi connectivity index (χ0v) is 14.0. The molecule has 1 aliphatic rings. The summed E-state index contributed by atoms with van der Waals surface area (Å²) in [5.41, 5.74) is 2.66. The van der Waals surface area contributed by atoms with Crippen molar-refractivity contribution in [3.8, 4) is 11.5 Å². The number of hydrogen-bond donors (Lipinski definition) is 0. The summed E-state index contributed by atoms with van der Waals surface area (Å²) in [4.78, 5) is 14.5. The van der Waals surface area contributed by atoms with Crippen LogP contribution in [0.1, 0.15) is 33.9 Å².